The van der Waals surface area contributed by atoms with Gasteiger partial charge < -0.3 is 130 Å². The maximum Gasteiger partial charge on any atom is 0.327 e. The Morgan fingerprint density at radius 3 is 1.75 bits per heavy atom. The van der Waals surface area contributed by atoms with Crippen LogP contribution in [-0.2, 0) is 117 Å². The summed E-state index contributed by atoms with van der Waals surface area (Å²) in [5.74, 6) is -19.1. The lowest BCUT2D eigenvalue weighted by Gasteiger charge is -2.36. The predicted octanol–water partition coefficient (Wildman–Crippen LogP) is -1.74. The molecule has 0 bridgehead atoms. The number of carbonyl (C=O) groups is 19. The molecule has 0 radical (unpaired) electrons. The largest absolute Gasteiger partial charge is 0.508 e. The number of nitrogens with two attached hydrogens (primary N) is 3. The number of aromatic amines is 1. The number of para-hydroxylation sites is 2. The van der Waals surface area contributed by atoms with Crippen LogP contribution < -0.4 is 75.7 Å². The number of rotatable bonds is 29. The van der Waals surface area contributed by atoms with E-state index in [1.807, 2.05) is 13.8 Å². The van der Waals surface area contributed by atoms with Crippen molar-refractivity contribution in [3.05, 3.63) is 102 Å². The number of unbranched alkanes of at least 4 members (excludes halogenated alkanes) is 2. The van der Waals surface area contributed by atoms with Gasteiger partial charge >= 0.3 is 11.9 Å². The highest BCUT2D eigenvalue weighted by Crippen LogP contribution is 2.29. The van der Waals surface area contributed by atoms with Crippen molar-refractivity contribution < 1.29 is 112 Å². The summed E-state index contributed by atoms with van der Waals surface area (Å²) in [7, 11) is 3.85. The summed E-state index contributed by atoms with van der Waals surface area (Å²) in [6.45, 7) is 11.0. The first kappa shape index (κ1) is 114. The van der Waals surface area contributed by atoms with Crippen LogP contribution in [0.25, 0.3) is 21.8 Å². The van der Waals surface area contributed by atoms with Crippen LogP contribution >= 0.6 is 11.8 Å². The van der Waals surface area contributed by atoms with Crippen LogP contribution in [0.4, 0.5) is 0 Å². The molecule has 45 heteroatoms. The van der Waals surface area contributed by atoms with Crippen LogP contribution in [0.2, 0.25) is 0 Å². The maximum absolute atomic E-state index is 16.0. The van der Waals surface area contributed by atoms with E-state index in [4.69, 9.17) is 23.6 Å². The SMILES string of the molecule is C#CC[C@H](NC(=O)[C@H](C)NC(=O)[C@@H]1CSCC(=O)N[C@@H](Cc2ccc(O)cc2)C(=O)N(C)[C@@H](C)C(=O)N[C@@H](CC(N)=O)C(=O)N2CCC[C@H]2C(=O)N[C@@H](CN)C(=O)N[C@@H](CC(C)C)C(=O)N2C[C@H](O)C[C@H]2C(=O)N[C@@H](Cc2c[nH]c3ccccc23)C(=O)N[C@@H](CCN)C(=O)N[C@@H](Cc2cn(CC(=O)O)c3ccccc23)C(=O)N(C)[C@@H](CCCC)C(=O)N(C)[C@@H](CCCC)C(=O)N[C@@H](CC(C)C)C(=O)N1)C(=O)O. The van der Waals surface area contributed by atoms with Crippen molar-refractivity contribution in [1.29, 1.82) is 0 Å². The molecule has 0 saturated carbocycles. The number of phenols is 1. The smallest absolute Gasteiger partial charge is 0.327 e. The van der Waals surface area contributed by atoms with Gasteiger partial charge in [-0.25, -0.2) is 4.79 Å². The lowest BCUT2D eigenvalue weighted by molar-refractivity contribution is -0.149. The summed E-state index contributed by atoms with van der Waals surface area (Å²) >= 11 is 0.723. The number of fused-ring (bicyclic) bond motifs is 4. The Labute approximate surface area is 827 Å². The number of terminal acetylenes is 1. The number of nitrogens with one attached hydrogen (secondary N) is 12. The molecule has 142 heavy (non-hydrogen) atoms. The number of hydrogen-bond acceptors (Lipinski definition) is 24. The number of likely N-dealkylation sites (N-methyl/N-ethyl adjacent to an activating group) is 3. The number of aliphatic carboxylic acids is 2. The predicted molar refractivity (Wildman–Crippen MR) is 523 cm³/mol. The molecule has 5 heterocycles. The van der Waals surface area contributed by atoms with Crippen LogP contribution in [0, 0.1) is 24.2 Å². The average molecular weight is 2000 g/mol. The number of H-pyrrole nitrogens is 1. The van der Waals surface area contributed by atoms with Crippen LogP contribution in [0.3, 0.4) is 0 Å². The van der Waals surface area contributed by atoms with Crippen molar-refractivity contribution in [3.8, 4) is 18.1 Å². The number of carbonyl (C=O) groups excluding carboxylic acids is 17. The van der Waals surface area contributed by atoms with E-state index in [9.17, 15) is 73.2 Å². The Balaban J connectivity index is 1.23. The van der Waals surface area contributed by atoms with Crippen molar-refractivity contribution in [2.45, 2.75) is 274 Å². The molecule has 0 unspecified atom stereocenters. The third-order valence-corrected chi connectivity index (χ3v) is 26.4. The fraction of sp³-hybridized carbons (Fsp3) is 0.557. The van der Waals surface area contributed by atoms with E-state index >= 15 is 38.4 Å². The Morgan fingerprint density at radius 2 is 1.12 bits per heavy atom. The lowest BCUT2D eigenvalue weighted by atomic mass is 9.99. The zero-order valence-corrected chi connectivity index (χ0v) is 82.8. The molecule has 17 amide bonds. The second-order valence-corrected chi connectivity index (χ2v) is 38.2. The fourth-order valence-corrected chi connectivity index (χ4v) is 18.4. The molecule has 3 aromatic carbocycles. The Bertz CT molecular complexity index is 5410. The standard InChI is InChI=1S/C97H137N21O23S/c1-13-16-27-75-89(132)106-66(38-52(4)5)85(128)112-73(88(131)102-54(8)82(125)105-65(23-15-3)97(140)141)50-142-51-80(122)103-69(40-56-31-33-59(119)34-32-56)92(135)113(10)55(9)83(126)108-71(44-79(100)121)94(137)117-37-22-30-76(117)90(133)111-72(45-99)87(130)109-68(39-53(6)7)95(138)118-48-60(120)43-78(118)91(134)107-67(41-57-46-101-63-26-20-18-24-61(57)63)86(129)104-64(35-36-98)84(127)110-70(93(136)115(12)77(28-17-14-2)96(139)114(75)11)42-58-47-116(49-81(123)124)74-29-21-19-25-62(58)74/h3,18-21,24-26,29,31-34,46-47,52-55,60,64-73,75-78,101,119-120H,13-14,16-17,22-23,27-28,30,35-45,48-51,98-99H2,1-2,4-12H3,(H2,100,121)(H,102,131)(H,103,122)(H,104,129)(H,105,125)(H,106,132)(H,107,134)(H,108,126)(H,109,130)(H,110,127)(H,111,133)(H,112,128)(H,123,124)(H,140,141)/t54-,55-,60+,64-,65-,66-,67-,68-,69-,70-,71-,72-,73-,75-,76-,77-,78-/m0/s1. The van der Waals surface area contributed by atoms with E-state index in [1.165, 1.54) is 70.0 Å². The second kappa shape index (κ2) is 53.8. The van der Waals surface area contributed by atoms with Crippen LogP contribution in [-0.4, -0.2) is 328 Å². The quantitative estimate of drug-likeness (QED) is 0.0236. The number of carboxylic acid groups (broad SMARTS) is 2. The van der Waals surface area contributed by atoms with Gasteiger partial charge in [-0.3, -0.25) is 86.3 Å². The molecule has 3 saturated heterocycles. The molecule has 44 nitrogen and oxygen atoms in total. The van der Waals surface area contributed by atoms with Crippen LogP contribution in [0.15, 0.2) is 85.2 Å². The normalized spacial score (nSPS) is 24.6. The average Bonchev–Trinajstić information content (AvgIpc) is 1.63. The molecule has 22 N–H and O–H groups in total. The maximum atomic E-state index is 16.0. The fourth-order valence-electron chi connectivity index (χ4n) is 17.5. The zero-order valence-electron chi connectivity index (χ0n) is 82.0. The minimum absolute atomic E-state index is 0.0355. The highest BCUT2D eigenvalue weighted by atomic mass is 32.2. The van der Waals surface area contributed by atoms with Gasteiger partial charge in [0.25, 0.3) is 0 Å². The number of thioether (sulfide) groups is 1. The van der Waals surface area contributed by atoms with Gasteiger partial charge in [0, 0.05) is 113 Å². The molecule has 0 aliphatic carbocycles. The van der Waals surface area contributed by atoms with E-state index in [1.54, 1.807) is 82.4 Å². The van der Waals surface area contributed by atoms with Crippen molar-refractivity contribution in [1.82, 2.24) is 92.5 Å². The highest BCUT2D eigenvalue weighted by Gasteiger charge is 2.47. The van der Waals surface area contributed by atoms with Gasteiger partial charge in [0.1, 0.15) is 109 Å². The summed E-state index contributed by atoms with van der Waals surface area (Å²) in [6, 6.07) is -6.05. The van der Waals surface area contributed by atoms with Gasteiger partial charge in [-0.1, -0.05) is 116 Å². The molecule has 774 valence electrons. The Hall–Kier alpha value is -13.7. The molecule has 3 aliphatic rings. The molecular formula is C97H137N21O23S. The van der Waals surface area contributed by atoms with Crippen LogP contribution in [0.1, 0.15) is 162 Å². The topological polar surface area (TPSA) is 653 Å². The molecule has 0 spiro atoms. The summed E-state index contributed by atoms with van der Waals surface area (Å²) in [4.78, 5) is 286. The third-order valence-electron chi connectivity index (χ3n) is 25.3. The molecule has 2 aromatic heterocycles. The number of aliphatic hydroxyl groups is 1. The van der Waals surface area contributed by atoms with Gasteiger partial charge in [0.05, 0.1) is 18.3 Å². The van der Waals surface area contributed by atoms with Crippen LogP contribution in [0.5, 0.6) is 5.75 Å². The number of amides is 17. The molecule has 5 aromatic rings. The van der Waals surface area contributed by atoms with Crippen molar-refractivity contribution in [3.63, 3.8) is 0 Å². The van der Waals surface area contributed by atoms with Crippen molar-refractivity contribution in [2.24, 2.45) is 29.0 Å². The first-order valence-electron chi connectivity index (χ1n) is 47.8. The summed E-state index contributed by atoms with van der Waals surface area (Å²) in [5, 5.41) is 71.7. The van der Waals surface area contributed by atoms with Gasteiger partial charge in [-0.05, 0) is 118 Å². The first-order valence-corrected chi connectivity index (χ1v) is 49.0. The lowest BCUT2D eigenvalue weighted by Crippen LogP contribution is -2.62. The number of hydrogen-bond donors (Lipinski definition) is 19. The first-order chi connectivity index (χ1) is 67.3. The second-order valence-electron chi connectivity index (χ2n) is 37.2. The molecule has 3 fully saturated rings. The number of aromatic nitrogens is 2. The van der Waals surface area contributed by atoms with E-state index in [2.05, 4.69) is 69.4 Å². The van der Waals surface area contributed by atoms with E-state index in [0.29, 0.717) is 57.8 Å². The summed E-state index contributed by atoms with van der Waals surface area (Å²) in [5.41, 5.74) is 20.4. The molecule has 8 rings (SSSR count). The van der Waals surface area contributed by atoms with Gasteiger partial charge in [0.15, 0.2) is 0 Å². The van der Waals surface area contributed by atoms with E-state index in [-0.39, 0.29) is 89.0 Å². The van der Waals surface area contributed by atoms with Gasteiger partial charge in [0.2, 0.25) is 100 Å². The van der Waals surface area contributed by atoms with Gasteiger partial charge in [-0.2, -0.15) is 0 Å². The molecule has 3 aliphatic heterocycles. The highest BCUT2D eigenvalue weighted by molar-refractivity contribution is 8.00. The number of aromatic hydroxyl groups is 1. The number of nitrogens with zero attached hydrogens (tertiary/aromatic N) is 6. The van der Waals surface area contributed by atoms with Crippen molar-refractivity contribution in [2.75, 3.05) is 58.8 Å². The number of primary amides is 1. The molecule has 17 atom stereocenters. The van der Waals surface area contributed by atoms with E-state index < -0.39 is 278 Å². The minimum Gasteiger partial charge on any atom is -0.508 e. The third kappa shape index (κ3) is 31.4. The number of aliphatic hydroxyl groups excluding tert-OH is 1. The number of benzene rings is 3. The minimum atomic E-state index is -1.80. The Morgan fingerprint density at radius 1 is 0.570 bits per heavy atom. The summed E-state index contributed by atoms with van der Waals surface area (Å²) < 4.78 is 1.43. The monoisotopic (exact) mass is 2000 g/mol. The Kier molecular flexibility index (Phi) is 43.0. The van der Waals surface area contributed by atoms with E-state index in [0.717, 1.165) is 36.3 Å². The summed E-state index contributed by atoms with van der Waals surface area (Å²) in [6.07, 6.45) is 5.40. The zero-order chi connectivity index (χ0) is 105. The van der Waals surface area contributed by atoms with Gasteiger partial charge in [-0.15, -0.1) is 24.1 Å². The number of carboxylic acids is 2. The number of phenolic OH excluding ortho intramolecular Hbond substituents is 1. The molecular weight excluding hydrogens is 1860 g/mol. The van der Waals surface area contributed by atoms with Crippen molar-refractivity contribution >= 4 is 146 Å².